The Morgan fingerprint density at radius 3 is 2.32 bits per heavy atom. The standard InChI is InChI=1S/C35H32ClN5O5S/c1-44-26-10-8-25(9-11-26)41-35-32(33(39-41)23-4-6-24(36)7-5-23)34(28-18-27(45-2)12-13-29(28)46-3)47-21-31(43)40(35)20-30(42)38-19-22-14-16-37-17-15-22/h4-18,34H,19-21H2,1-3H3,(H,38,42)/t34-/m0/s1. The monoisotopic (exact) mass is 669 g/mol. The quantitative estimate of drug-likeness (QED) is 0.190. The summed E-state index contributed by atoms with van der Waals surface area (Å²) in [4.78, 5) is 33.2. The highest BCUT2D eigenvalue weighted by molar-refractivity contribution is 8.00. The van der Waals surface area contributed by atoms with Crippen molar-refractivity contribution in [2.24, 2.45) is 0 Å². The van der Waals surface area contributed by atoms with Crippen LogP contribution in [0.3, 0.4) is 0 Å². The first kappa shape index (κ1) is 32.0. The predicted octanol–water partition coefficient (Wildman–Crippen LogP) is 6.10. The van der Waals surface area contributed by atoms with Crippen LogP contribution in [0.2, 0.25) is 5.02 Å². The van der Waals surface area contributed by atoms with Gasteiger partial charge in [-0.1, -0.05) is 23.7 Å². The second kappa shape index (κ2) is 14.2. The molecule has 3 heterocycles. The summed E-state index contributed by atoms with van der Waals surface area (Å²) >= 11 is 7.74. The molecule has 0 bridgehead atoms. The van der Waals surface area contributed by atoms with Crippen LogP contribution in [0.4, 0.5) is 5.82 Å². The molecule has 0 saturated heterocycles. The van der Waals surface area contributed by atoms with Crippen LogP contribution in [0.5, 0.6) is 17.2 Å². The number of carbonyl (C=O) groups excluding carboxylic acids is 2. The first-order valence-electron chi connectivity index (χ1n) is 14.7. The number of aromatic nitrogens is 3. The number of benzene rings is 3. The number of methoxy groups -OCH3 is 3. The van der Waals surface area contributed by atoms with Crippen molar-refractivity contribution in [2.45, 2.75) is 11.8 Å². The number of rotatable bonds is 10. The Hall–Kier alpha value is -5.00. The van der Waals surface area contributed by atoms with Gasteiger partial charge in [0.1, 0.15) is 29.6 Å². The molecule has 0 spiro atoms. The minimum absolute atomic E-state index is 0.0972. The molecule has 0 radical (unpaired) electrons. The van der Waals surface area contributed by atoms with E-state index in [2.05, 4.69) is 10.3 Å². The van der Waals surface area contributed by atoms with Gasteiger partial charge in [-0.3, -0.25) is 19.5 Å². The molecule has 0 saturated carbocycles. The van der Waals surface area contributed by atoms with E-state index in [4.69, 9.17) is 30.9 Å². The van der Waals surface area contributed by atoms with E-state index in [0.717, 1.165) is 22.3 Å². The van der Waals surface area contributed by atoms with E-state index in [-0.39, 0.29) is 24.1 Å². The van der Waals surface area contributed by atoms with Gasteiger partial charge >= 0.3 is 0 Å². The molecule has 0 fully saturated rings. The van der Waals surface area contributed by atoms with E-state index in [9.17, 15) is 9.59 Å². The first-order valence-corrected chi connectivity index (χ1v) is 16.2. The van der Waals surface area contributed by atoms with Crippen LogP contribution in [0, 0.1) is 0 Å². The Morgan fingerprint density at radius 2 is 1.64 bits per heavy atom. The maximum absolute atomic E-state index is 14.1. The summed E-state index contributed by atoms with van der Waals surface area (Å²) in [5.74, 6) is 1.95. The largest absolute Gasteiger partial charge is 0.497 e. The Balaban J connectivity index is 1.56. The molecule has 1 aliphatic heterocycles. The third-order valence-electron chi connectivity index (χ3n) is 7.78. The number of carbonyl (C=O) groups is 2. The van der Waals surface area contributed by atoms with Crippen LogP contribution in [-0.2, 0) is 16.1 Å². The summed E-state index contributed by atoms with van der Waals surface area (Å²) < 4.78 is 18.6. The summed E-state index contributed by atoms with van der Waals surface area (Å²) in [6.45, 7) is 0.0732. The number of anilines is 1. The molecule has 0 aliphatic carbocycles. The highest BCUT2D eigenvalue weighted by Crippen LogP contribution is 2.51. The van der Waals surface area contributed by atoms with Crippen molar-refractivity contribution >= 4 is 41.0 Å². The molecule has 1 N–H and O–H groups in total. The van der Waals surface area contributed by atoms with Crippen molar-refractivity contribution in [1.82, 2.24) is 20.1 Å². The number of fused-ring (bicyclic) bond motifs is 1. The summed E-state index contributed by atoms with van der Waals surface area (Å²) in [6, 6.07) is 24.0. The van der Waals surface area contributed by atoms with E-state index in [1.807, 2.05) is 66.7 Å². The molecule has 5 aromatic rings. The van der Waals surface area contributed by atoms with E-state index < -0.39 is 5.25 Å². The molecule has 6 rings (SSSR count). The lowest BCUT2D eigenvalue weighted by atomic mass is 9.98. The Kier molecular flexibility index (Phi) is 9.65. The van der Waals surface area contributed by atoms with E-state index >= 15 is 0 Å². The zero-order valence-electron chi connectivity index (χ0n) is 26.0. The molecular formula is C35H32ClN5O5S. The lowest BCUT2D eigenvalue weighted by Crippen LogP contribution is -2.42. The van der Waals surface area contributed by atoms with Crippen molar-refractivity contribution in [3.63, 3.8) is 0 Å². The van der Waals surface area contributed by atoms with Crippen molar-refractivity contribution in [1.29, 1.82) is 0 Å². The minimum Gasteiger partial charge on any atom is -0.497 e. The molecular weight excluding hydrogens is 638 g/mol. The second-order valence-corrected chi connectivity index (χ2v) is 12.1. The van der Waals surface area contributed by atoms with Crippen molar-refractivity contribution in [2.75, 3.05) is 38.5 Å². The molecule has 240 valence electrons. The molecule has 47 heavy (non-hydrogen) atoms. The Labute approximate surface area is 281 Å². The second-order valence-electron chi connectivity index (χ2n) is 10.6. The summed E-state index contributed by atoms with van der Waals surface area (Å²) in [5.41, 5.74) is 4.55. The number of thioether (sulfide) groups is 1. The number of hydrogen-bond donors (Lipinski definition) is 1. The number of pyridine rings is 1. The average Bonchev–Trinajstić information content (AvgIpc) is 3.43. The molecule has 3 aromatic carbocycles. The van der Waals surface area contributed by atoms with Crippen LogP contribution < -0.4 is 24.4 Å². The van der Waals surface area contributed by atoms with Crippen molar-refractivity contribution in [3.05, 3.63) is 113 Å². The molecule has 2 amide bonds. The molecule has 0 unspecified atom stereocenters. The average molecular weight is 670 g/mol. The molecule has 2 aromatic heterocycles. The fraction of sp³-hybridized carbons (Fsp3) is 0.200. The smallest absolute Gasteiger partial charge is 0.240 e. The number of amides is 2. The highest BCUT2D eigenvalue weighted by Gasteiger charge is 2.39. The first-order chi connectivity index (χ1) is 22.9. The third kappa shape index (κ3) is 6.77. The van der Waals surface area contributed by atoms with Gasteiger partial charge in [-0.05, 0) is 72.3 Å². The van der Waals surface area contributed by atoms with Crippen molar-refractivity contribution in [3.8, 4) is 34.2 Å². The van der Waals surface area contributed by atoms with Gasteiger partial charge in [-0.15, -0.1) is 11.8 Å². The number of nitrogens with zero attached hydrogens (tertiary/aromatic N) is 4. The van der Waals surface area contributed by atoms with Gasteiger partial charge in [0, 0.05) is 40.7 Å². The fourth-order valence-corrected chi connectivity index (χ4v) is 6.77. The Morgan fingerprint density at radius 1 is 0.936 bits per heavy atom. The van der Waals surface area contributed by atoms with Crippen LogP contribution in [0.25, 0.3) is 16.9 Å². The van der Waals surface area contributed by atoms with Gasteiger partial charge in [0.2, 0.25) is 11.8 Å². The minimum atomic E-state index is -0.429. The number of halogens is 1. The summed E-state index contributed by atoms with van der Waals surface area (Å²) in [5, 5.41) is 8.23. The highest BCUT2D eigenvalue weighted by atomic mass is 35.5. The SMILES string of the molecule is COc1ccc(-n2nc(-c3ccc(Cl)cc3)c3c2N(CC(=O)NCc2ccncc2)C(=O)CS[C@H]3c2cc(OC)ccc2OC)cc1. The lowest BCUT2D eigenvalue weighted by Gasteiger charge is -2.24. The van der Waals surface area contributed by atoms with Gasteiger partial charge in [0.15, 0.2) is 0 Å². The maximum Gasteiger partial charge on any atom is 0.240 e. The summed E-state index contributed by atoms with van der Waals surface area (Å²) in [6.07, 6.45) is 3.34. The molecule has 1 aliphatic rings. The van der Waals surface area contributed by atoms with Gasteiger partial charge in [0.25, 0.3) is 0 Å². The topological polar surface area (TPSA) is 108 Å². The third-order valence-corrected chi connectivity index (χ3v) is 9.27. The zero-order chi connectivity index (χ0) is 32.9. The van der Waals surface area contributed by atoms with Crippen LogP contribution >= 0.6 is 23.4 Å². The van der Waals surface area contributed by atoms with Gasteiger partial charge in [-0.25, -0.2) is 4.68 Å². The van der Waals surface area contributed by atoms with Crippen LogP contribution in [-0.4, -0.2) is 60.2 Å². The fourth-order valence-electron chi connectivity index (χ4n) is 5.43. The van der Waals surface area contributed by atoms with Gasteiger partial charge < -0.3 is 19.5 Å². The number of nitrogens with one attached hydrogen (secondary N) is 1. The number of ether oxygens (including phenoxy) is 3. The zero-order valence-corrected chi connectivity index (χ0v) is 27.5. The predicted molar refractivity (Wildman–Crippen MR) is 183 cm³/mol. The lowest BCUT2D eigenvalue weighted by molar-refractivity contribution is -0.123. The summed E-state index contributed by atoms with van der Waals surface area (Å²) in [7, 11) is 4.81. The van der Waals surface area contributed by atoms with Gasteiger partial charge in [0.05, 0.1) is 43.7 Å². The van der Waals surface area contributed by atoms with E-state index in [0.29, 0.717) is 46.0 Å². The molecule has 12 heteroatoms. The maximum atomic E-state index is 14.1. The Bertz CT molecular complexity index is 1880. The van der Waals surface area contributed by atoms with Crippen LogP contribution in [0.15, 0.2) is 91.3 Å². The van der Waals surface area contributed by atoms with E-state index in [1.54, 1.807) is 50.5 Å². The van der Waals surface area contributed by atoms with Gasteiger partial charge in [-0.2, -0.15) is 5.10 Å². The molecule has 10 nitrogen and oxygen atoms in total. The number of hydrogen-bond acceptors (Lipinski definition) is 8. The molecule has 1 atom stereocenters. The normalized spacial score (nSPS) is 14.3. The van der Waals surface area contributed by atoms with Crippen LogP contribution in [0.1, 0.15) is 21.9 Å². The van der Waals surface area contributed by atoms with Crippen molar-refractivity contribution < 1.29 is 23.8 Å². The van der Waals surface area contributed by atoms with E-state index in [1.165, 1.54) is 16.7 Å².